The summed E-state index contributed by atoms with van der Waals surface area (Å²) in [7, 11) is 1.63. The van der Waals surface area contributed by atoms with Crippen molar-refractivity contribution in [2.75, 3.05) is 7.11 Å². The molecule has 0 bridgehead atoms. The fourth-order valence-electron chi connectivity index (χ4n) is 2.40. The molecule has 0 spiro atoms. The molecule has 3 rings (SSSR count). The van der Waals surface area contributed by atoms with Crippen molar-refractivity contribution in [3.63, 3.8) is 0 Å². The number of methoxy groups -OCH3 is 1. The Morgan fingerprint density at radius 1 is 1.19 bits per heavy atom. The van der Waals surface area contributed by atoms with Gasteiger partial charge in [-0.1, -0.05) is 11.6 Å². The number of hydrogen-bond donors (Lipinski definition) is 1. The lowest BCUT2D eigenvalue weighted by atomic mass is 10.1. The van der Waals surface area contributed by atoms with Crippen LogP contribution in [0.4, 0.5) is 0 Å². The summed E-state index contributed by atoms with van der Waals surface area (Å²) in [6.45, 7) is 1.72. The molecule has 0 saturated carbocycles. The first-order chi connectivity index (χ1) is 10.1. The van der Waals surface area contributed by atoms with Crippen molar-refractivity contribution in [3.8, 4) is 17.0 Å². The van der Waals surface area contributed by atoms with Crippen LogP contribution in [0.15, 0.2) is 42.6 Å². The predicted molar refractivity (Wildman–Crippen MR) is 82.8 cm³/mol. The summed E-state index contributed by atoms with van der Waals surface area (Å²) in [6, 6.07) is 11.2. The molecule has 1 atom stereocenters. The number of pyridine rings is 1. The summed E-state index contributed by atoms with van der Waals surface area (Å²) < 4.78 is 6.99. The molecule has 2 aromatic heterocycles. The summed E-state index contributed by atoms with van der Waals surface area (Å²) in [5, 5.41) is 10.7. The van der Waals surface area contributed by atoms with Gasteiger partial charge in [0.25, 0.3) is 0 Å². The Labute approximate surface area is 127 Å². The van der Waals surface area contributed by atoms with E-state index in [9.17, 15) is 5.11 Å². The molecule has 1 N–H and O–H groups in total. The summed E-state index contributed by atoms with van der Waals surface area (Å²) in [4.78, 5) is 4.60. The number of nitrogens with zero attached hydrogens (tertiary/aromatic N) is 2. The number of aliphatic hydroxyl groups is 1. The van der Waals surface area contributed by atoms with Crippen molar-refractivity contribution in [3.05, 3.63) is 53.3 Å². The van der Waals surface area contributed by atoms with Crippen molar-refractivity contribution in [1.82, 2.24) is 9.38 Å². The van der Waals surface area contributed by atoms with Gasteiger partial charge in [0.05, 0.1) is 29.6 Å². The minimum atomic E-state index is -0.657. The van der Waals surface area contributed by atoms with E-state index in [-0.39, 0.29) is 0 Å². The first-order valence-corrected chi connectivity index (χ1v) is 6.98. The molecule has 0 radical (unpaired) electrons. The molecular weight excluding hydrogens is 288 g/mol. The first kappa shape index (κ1) is 13.9. The van der Waals surface area contributed by atoms with Crippen LogP contribution in [0.25, 0.3) is 16.9 Å². The second-order valence-electron chi connectivity index (χ2n) is 4.83. The third-order valence-electron chi connectivity index (χ3n) is 3.38. The zero-order chi connectivity index (χ0) is 15.0. The number of ether oxygens (including phenoxy) is 1. The van der Waals surface area contributed by atoms with Crippen molar-refractivity contribution in [2.45, 2.75) is 13.0 Å². The van der Waals surface area contributed by atoms with Crippen molar-refractivity contribution in [1.29, 1.82) is 0 Å². The molecule has 108 valence electrons. The molecule has 0 saturated heterocycles. The quantitative estimate of drug-likeness (QED) is 0.802. The van der Waals surface area contributed by atoms with Gasteiger partial charge in [0.1, 0.15) is 11.4 Å². The van der Waals surface area contributed by atoms with E-state index >= 15 is 0 Å². The second kappa shape index (κ2) is 5.39. The lowest BCUT2D eigenvalue weighted by molar-refractivity contribution is 0.194. The Balaban J connectivity index is 2.23. The van der Waals surface area contributed by atoms with Gasteiger partial charge in [-0.2, -0.15) is 0 Å². The van der Waals surface area contributed by atoms with Crippen LogP contribution < -0.4 is 4.74 Å². The van der Waals surface area contributed by atoms with Gasteiger partial charge in [-0.05, 0) is 43.3 Å². The SMILES string of the molecule is COc1ccc(-c2nc3ccc(Cl)cn3c2C(C)O)cc1. The van der Waals surface area contributed by atoms with E-state index in [1.54, 1.807) is 26.3 Å². The van der Waals surface area contributed by atoms with Gasteiger partial charge in [0.2, 0.25) is 0 Å². The maximum Gasteiger partial charge on any atom is 0.137 e. The number of aliphatic hydroxyl groups excluding tert-OH is 1. The maximum absolute atomic E-state index is 10.1. The molecule has 1 aromatic carbocycles. The lowest BCUT2D eigenvalue weighted by Gasteiger charge is -2.08. The largest absolute Gasteiger partial charge is 0.497 e. The van der Waals surface area contributed by atoms with Gasteiger partial charge in [-0.15, -0.1) is 0 Å². The molecule has 5 heteroatoms. The van der Waals surface area contributed by atoms with Crippen molar-refractivity contribution < 1.29 is 9.84 Å². The van der Waals surface area contributed by atoms with Crippen LogP contribution in [0.5, 0.6) is 5.75 Å². The van der Waals surface area contributed by atoms with Gasteiger partial charge < -0.3 is 9.84 Å². The molecule has 1 unspecified atom stereocenters. The molecule has 0 aliphatic carbocycles. The lowest BCUT2D eigenvalue weighted by Crippen LogP contribution is -1.99. The predicted octanol–water partition coefficient (Wildman–Crippen LogP) is 3.72. The highest BCUT2D eigenvalue weighted by molar-refractivity contribution is 6.30. The molecule has 0 aliphatic heterocycles. The normalized spacial score (nSPS) is 12.6. The highest BCUT2D eigenvalue weighted by Gasteiger charge is 2.18. The second-order valence-corrected chi connectivity index (χ2v) is 5.26. The number of rotatable bonds is 3. The fraction of sp³-hybridized carbons (Fsp3) is 0.188. The smallest absolute Gasteiger partial charge is 0.137 e. The van der Waals surface area contributed by atoms with Crippen molar-refractivity contribution >= 4 is 17.2 Å². The van der Waals surface area contributed by atoms with Crippen LogP contribution in [0.1, 0.15) is 18.7 Å². The van der Waals surface area contributed by atoms with E-state index in [1.165, 1.54) is 0 Å². The van der Waals surface area contributed by atoms with E-state index in [4.69, 9.17) is 16.3 Å². The number of benzene rings is 1. The molecular formula is C16H15ClN2O2. The number of hydrogen-bond acceptors (Lipinski definition) is 3. The fourth-order valence-corrected chi connectivity index (χ4v) is 2.56. The van der Waals surface area contributed by atoms with Gasteiger partial charge >= 0.3 is 0 Å². The third kappa shape index (κ3) is 2.48. The Kier molecular flexibility index (Phi) is 3.57. The average Bonchev–Trinajstić information content (AvgIpc) is 2.86. The summed E-state index contributed by atoms with van der Waals surface area (Å²) in [6.07, 6.45) is 1.11. The molecule has 0 amide bonds. The van der Waals surface area contributed by atoms with Crippen LogP contribution in [0.2, 0.25) is 5.02 Å². The van der Waals surface area contributed by atoms with Gasteiger partial charge in [-0.25, -0.2) is 4.98 Å². The van der Waals surface area contributed by atoms with Crippen LogP contribution in [-0.4, -0.2) is 21.6 Å². The monoisotopic (exact) mass is 302 g/mol. The van der Waals surface area contributed by atoms with Crippen LogP contribution in [-0.2, 0) is 0 Å². The Bertz CT molecular complexity index is 779. The van der Waals surface area contributed by atoms with Crippen LogP contribution in [0.3, 0.4) is 0 Å². The minimum absolute atomic E-state index is 0.600. The molecule has 0 aliphatic rings. The van der Waals surface area contributed by atoms with E-state index < -0.39 is 6.10 Å². The number of halogens is 1. The third-order valence-corrected chi connectivity index (χ3v) is 3.60. The highest BCUT2D eigenvalue weighted by Crippen LogP contribution is 2.30. The van der Waals surface area contributed by atoms with Crippen molar-refractivity contribution in [2.24, 2.45) is 0 Å². The van der Waals surface area contributed by atoms with E-state index in [0.717, 1.165) is 28.3 Å². The Morgan fingerprint density at radius 3 is 2.52 bits per heavy atom. The van der Waals surface area contributed by atoms with E-state index in [2.05, 4.69) is 4.98 Å². The molecule has 21 heavy (non-hydrogen) atoms. The van der Waals surface area contributed by atoms with Gasteiger partial charge in [0.15, 0.2) is 0 Å². The standard InChI is InChI=1S/C16H15ClN2O2/c1-10(20)16-15(11-3-6-13(21-2)7-4-11)18-14-8-5-12(17)9-19(14)16/h3-10,20H,1-2H3. The minimum Gasteiger partial charge on any atom is -0.497 e. The van der Waals surface area contributed by atoms with Gasteiger partial charge in [0, 0.05) is 11.8 Å². The molecule has 3 aromatic rings. The summed E-state index contributed by atoms with van der Waals surface area (Å²) in [5.74, 6) is 0.782. The topological polar surface area (TPSA) is 46.8 Å². The molecule has 4 nitrogen and oxygen atoms in total. The maximum atomic E-state index is 10.1. The Hall–Kier alpha value is -2.04. The van der Waals surface area contributed by atoms with Gasteiger partial charge in [-0.3, -0.25) is 4.40 Å². The van der Waals surface area contributed by atoms with Crippen LogP contribution in [0, 0.1) is 0 Å². The number of aromatic nitrogens is 2. The van der Waals surface area contributed by atoms with E-state index in [1.807, 2.05) is 34.7 Å². The van der Waals surface area contributed by atoms with Crippen LogP contribution >= 0.6 is 11.6 Å². The Morgan fingerprint density at radius 2 is 1.90 bits per heavy atom. The zero-order valence-corrected chi connectivity index (χ0v) is 12.5. The molecule has 2 heterocycles. The molecule has 0 fully saturated rings. The number of imidazole rings is 1. The average molecular weight is 303 g/mol. The summed E-state index contributed by atoms with van der Waals surface area (Å²) >= 11 is 6.04. The highest BCUT2D eigenvalue weighted by atomic mass is 35.5. The summed E-state index contributed by atoms with van der Waals surface area (Å²) in [5.41, 5.74) is 3.14. The van der Waals surface area contributed by atoms with E-state index in [0.29, 0.717) is 5.02 Å². The number of fused-ring (bicyclic) bond motifs is 1. The zero-order valence-electron chi connectivity index (χ0n) is 11.7. The first-order valence-electron chi connectivity index (χ1n) is 6.60.